The second-order valence-electron chi connectivity index (χ2n) is 6.61. The van der Waals surface area contributed by atoms with E-state index in [2.05, 4.69) is 10.6 Å². The first kappa shape index (κ1) is 13.4. The van der Waals surface area contributed by atoms with Gasteiger partial charge in [0.25, 0.3) is 0 Å². The summed E-state index contributed by atoms with van der Waals surface area (Å²) in [7, 11) is 0. The molecule has 0 saturated heterocycles. The molecule has 4 fully saturated rings. The van der Waals surface area contributed by atoms with E-state index in [1.165, 1.54) is 32.1 Å². The Hall–Kier alpha value is -1.57. The predicted molar refractivity (Wildman–Crippen MR) is 72.2 cm³/mol. The fourth-order valence-electron chi connectivity index (χ4n) is 4.84. The minimum Gasteiger partial charge on any atom is -0.347 e. The molecule has 0 atom stereocenters. The Labute approximate surface area is 119 Å². The molecule has 2 N–H and O–H groups in total. The van der Waals surface area contributed by atoms with Crippen molar-refractivity contribution in [2.75, 3.05) is 13.1 Å². The predicted octanol–water partition coefficient (Wildman–Crippen LogP) is 0.815. The van der Waals surface area contributed by atoms with Crippen molar-refractivity contribution in [1.29, 1.82) is 5.26 Å². The molecule has 4 rings (SSSR count). The van der Waals surface area contributed by atoms with Gasteiger partial charge in [0.05, 0.1) is 12.6 Å². The van der Waals surface area contributed by atoms with E-state index in [4.69, 9.17) is 5.26 Å². The van der Waals surface area contributed by atoms with E-state index in [1.807, 2.05) is 6.07 Å². The normalized spacial score (nSPS) is 37.2. The molecule has 0 heterocycles. The minimum atomic E-state index is -0.288. The smallest absolute Gasteiger partial charge is 0.240 e. The van der Waals surface area contributed by atoms with Crippen molar-refractivity contribution in [3.63, 3.8) is 0 Å². The van der Waals surface area contributed by atoms with E-state index >= 15 is 0 Å². The fourth-order valence-corrected chi connectivity index (χ4v) is 4.84. The van der Waals surface area contributed by atoms with Gasteiger partial charge in [-0.3, -0.25) is 9.59 Å². The maximum atomic E-state index is 12.4. The maximum Gasteiger partial charge on any atom is 0.240 e. The molecule has 4 aliphatic rings. The number of hydrogen-bond donors (Lipinski definition) is 2. The van der Waals surface area contributed by atoms with E-state index in [1.54, 1.807) is 0 Å². The summed E-state index contributed by atoms with van der Waals surface area (Å²) in [6.07, 6.45) is 6.17. The van der Waals surface area contributed by atoms with Crippen LogP contribution in [0.5, 0.6) is 0 Å². The molecule has 2 amide bonds. The molecule has 4 saturated carbocycles. The van der Waals surface area contributed by atoms with Crippen LogP contribution in [0.15, 0.2) is 0 Å². The summed E-state index contributed by atoms with van der Waals surface area (Å²) >= 11 is 0. The fraction of sp³-hybridized carbons (Fsp3) is 0.800. The third-order valence-corrected chi connectivity index (χ3v) is 5.32. The highest BCUT2D eigenvalue weighted by atomic mass is 16.2. The van der Waals surface area contributed by atoms with Gasteiger partial charge in [-0.2, -0.15) is 5.26 Å². The Balaban J connectivity index is 1.53. The number of carbonyl (C=O) groups excluding carboxylic acids is 2. The Morgan fingerprint density at radius 3 is 2.15 bits per heavy atom. The summed E-state index contributed by atoms with van der Waals surface area (Å²) in [6, 6.07) is 1.85. The van der Waals surface area contributed by atoms with Crippen molar-refractivity contribution in [2.24, 2.45) is 29.6 Å². The lowest BCUT2D eigenvalue weighted by atomic mass is 9.51. The lowest BCUT2D eigenvalue weighted by molar-refractivity contribution is -0.139. The van der Waals surface area contributed by atoms with Gasteiger partial charge in [0, 0.05) is 5.92 Å². The molecule has 5 nitrogen and oxygen atoms in total. The molecule has 0 radical (unpaired) electrons. The highest BCUT2D eigenvalue weighted by Crippen LogP contribution is 2.56. The Morgan fingerprint density at radius 2 is 1.60 bits per heavy atom. The minimum absolute atomic E-state index is 0.00720. The monoisotopic (exact) mass is 275 g/mol. The molecule has 0 aromatic rings. The van der Waals surface area contributed by atoms with Gasteiger partial charge in [-0.1, -0.05) is 0 Å². The van der Waals surface area contributed by atoms with Gasteiger partial charge >= 0.3 is 0 Å². The third kappa shape index (κ3) is 2.52. The van der Waals surface area contributed by atoms with Gasteiger partial charge < -0.3 is 10.6 Å². The third-order valence-electron chi connectivity index (χ3n) is 5.32. The van der Waals surface area contributed by atoms with Gasteiger partial charge in [-0.15, -0.1) is 0 Å². The van der Waals surface area contributed by atoms with Crippen LogP contribution in [0, 0.1) is 40.9 Å². The first-order valence-electron chi connectivity index (χ1n) is 7.58. The number of nitrogens with zero attached hydrogens (tertiary/aromatic N) is 1. The highest BCUT2D eigenvalue weighted by molar-refractivity contribution is 5.86. The SMILES string of the molecule is N#CCNC(=O)CNC(=O)C1C2CC3CC(C2)CC1C3. The number of nitriles is 1. The van der Waals surface area contributed by atoms with Gasteiger partial charge in [-0.25, -0.2) is 0 Å². The molecule has 4 aliphatic carbocycles. The lowest BCUT2D eigenvalue weighted by Gasteiger charge is -2.53. The first-order chi connectivity index (χ1) is 9.67. The highest BCUT2D eigenvalue weighted by Gasteiger charge is 2.50. The van der Waals surface area contributed by atoms with Gasteiger partial charge in [0.2, 0.25) is 11.8 Å². The zero-order valence-corrected chi connectivity index (χ0v) is 11.6. The molecular weight excluding hydrogens is 254 g/mol. The summed E-state index contributed by atoms with van der Waals surface area (Å²) in [5.41, 5.74) is 0. The summed E-state index contributed by atoms with van der Waals surface area (Å²) in [5, 5.41) is 13.6. The second kappa shape index (κ2) is 5.43. The van der Waals surface area contributed by atoms with Crippen LogP contribution in [0.3, 0.4) is 0 Å². The molecule has 0 aromatic heterocycles. The zero-order chi connectivity index (χ0) is 14.1. The largest absolute Gasteiger partial charge is 0.347 e. The van der Waals surface area contributed by atoms with Crippen LogP contribution in [0.1, 0.15) is 32.1 Å². The molecule has 108 valence electrons. The standard InChI is InChI=1S/C15H21N3O2/c16-1-2-17-13(19)8-18-15(20)14-11-4-9-3-10(6-11)7-12(14)5-9/h9-12,14H,2-8H2,(H,17,19)(H,18,20). The molecule has 0 aliphatic heterocycles. The van der Waals surface area contributed by atoms with Crippen molar-refractivity contribution in [3.8, 4) is 6.07 Å². The van der Waals surface area contributed by atoms with Crippen LogP contribution in [0.25, 0.3) is 0 Å². The molecule has 5 heteroatoms. The summed E-state index contributed by atoms with van der Waals surface area (Å²) in [4.78, 5) is 23.8. The van der Waals surface area contributed by atoms with E-state index in [9.17, 15) is 9.59 Å². The van der Waals surface area contributed by atoms with Crippen LogP contribution in [0.4, 0.5) is 0 Å². The van der Waals surface area contributed by atoms with E-state index in [-0.39, 0.29) is 30.8 Å². The Morgan fingerprint density at radius 1 is 1.00 bits per heavy atom. The quantitative estimate of drug-likeness (QED) is 0.745. The average molecular weight is 275 g/mol. The molecule has 0 spiro atoms. The molecular formula is C15H21N3O2. The topological polar surface area (TPSA) is 82.0 Å². The number of hydrogen-bond acceptors (Lipinski definition) is 3. The van der Waals surface area contributed by atoms with Crippen molar-refractivity contribution < 1.29 is 9.59 Å². The zero-order valence-electron chi connectivity index (χ0n) is 11.6. The number of carbonyl (C=O) groups is 2. The van der Waals surface area contributed by atoms with Crippen LogP contribution in [0.2, 0.25) is 0 Å². The van der Waals surface area contributed by atoms with Crippen molar-refractivity contribution in [1.82, 2.24) is 10.6 Å². The Bertz CT molecular complexity index is 427. The van der Waals surface area contributed by atoms with Crippen LogP contribution in [-0.4, -0.2) is 24.9 Å². The van der Waals surface area contributed by atoms with Crippen LogP contribution >= 0.6 is 0 Å². The molecule has 0 unspecified atom stereocenters. The van der Waals surface area contributed by atoms with E-state index in [0.29, 0.717) is 11.8 Å². The lowest BCUT2D eigenvalue weighted by Crippen LogP contribution is -2.52. The van der Waals surface area contributed by atoms with E-state index < -0.39 is 0 Å². The first-order valence-corrected chi connectivity index (χ1v) is 7.58. The van der Waals surface area contributed by atoms with Gasteiger partial charge in [0.15, 0.2) is 0 Å². The van der Waals surface area contributed by atoms with Gasteiger partial charge in [-0.05, 0) is 55.8 Å². The van der Waals surface area contributed by atoms with Crippen molar-refractivity contribution in [3.05, 3.63) is 0 Å². The van der Waals surface area contributed by atoms with Crippen molar-refractivity contribution >= 4 is 11.8 Å². The van der Waals surface area contributed by atoms with Crippen molar-refractivity contribution in [2.45, 2.75) is 32.1 Å². The van der Waals surface area contributed by atoms with Gasteiger partial charge in [0.1, 0.15) is 6.54 Å². The maximum absolute atomic E-state index is 12.4. The van der Waals surface area contributed by atoms with Crippen LogP contribution < -0.4 is 10.6 Å². The molecule has 0 aromatic carbocycles. The number of amides is 2. The summed E-state index contributed by atoms with van der Waals surface area (Å²) in [5.74, 6) is 2.64. The molecule has 20 heavy (non-hydrogen) atoms. The second-order valence-corrected chi connectivity index (χ2v) is 6.61. The number of rotatable bonds is 4. The molecule has 4 bridgehead atoms. The Kier molecular flexibility index (Phi) is 3.64. The average Bonchev–Trinajstić information content (AvgIpc) is 2.41. The summed E-state index contributed by atoms with van der Waals surface area (Å²) < 4.78 is 0. The number of nitrogens with one attached hydrogen (secondary N) is 2. The summed E-state index contributed by atoms with van der Waals surface area (Å²) in [6.45, 7) is -0.0178. The van der Waals surface area contributed by atoms with E-state index in [0.717, 1.165) is 11.8 Å². The van der Waals surface area contributed by atoms with Crippen LogP contribution in [-0.2, 0) is 9.59 Å².